The van der Waals surface area contributed by atoms with Gasteiger partial charge in [-0.2, -0.15) is 5.10 Å². The van der Waals surface area contributed by atoms with Crippen molar-refractivity contribution < 1.29 is 0 Å². The first-order valence-corrected chi connectivity index (χ1v) is 7.88. The van der Waals surface area contributed by atoms with E-state index in [2.05, 4.69) is 54.6 Å². The molecular formula is C17H19N3S. The van der Waals surface area contributed by atoms with E-state index in [0.29, 0.717) is 0 Å². The zero-order chi connectivity index (χ0) is 14.7. The summed E-state index contributed by atoms with van der Waals surface area (Å²) in [5, 5.41) is 7.71. The summed E-state index contributed by atoms with van der Waals surface area (Å²) in [4.78, 5) is 2.77. The summed E-state index contributed by atoms with van der Waals surface area (Å²) in [6, 6.07) is 12.8. The zero-order valence-electron chi connectivity index (χ0n) is 12.3. The molecule has 3 rings (SSSR count). The first-order valence-electron chi connectivity index (χ1n) is 7.07. The third kappa shape index (κ3) is 3.52. The van der Waals surface area contributed by atoms with Crippen molar-refractivity contribution in [3.8, 4) is 0 Å². The lowest BCUT2D eigenvalue weighted by molar-refractivity contribution is 0.687. The van der Waals surface area contributed by atoms with E-state index in [-0.39, 0.29) is 0 Å². The van der Waals surface area contributed by atoms with Gasteiger partial charge in [0.15, 0.2) is 0 Å². The van der Waals surface area contributed by atoms with Crippen LogP contribution in [0.3, 0.4) is 0 Å². The normalized spacial score (nSPS) is 10.8. The molecule has 0 aliphatic carbocycles. The van der Waals surface area contributed by atoms with E-state index in [4.69, 9.17) is 0 Å². The number of rotatable bonds is 5. The molecule has 0 unspecified atom stereocenters. The number of anilines is 1. The molecule has 3 nitrogen and oxygen atoms in total. The van der Waals surface area contributed by atoms with Gasteiger partial charge in [0.25, 0.3) is 0 Å². The van der Waals surface area contributed by atoms with Gasteiger partial charge in [-0.15, -0.1) is 11.3 Å². The quantitative estimate of drug-likeness (QED) is 0.764. The van der Waals surface area contributed by atoms with Crippen LogP contribution in [0, 0.1) is 13.8 Å². The van der Waals surface area contributed by atoms with Crippen LogP contribution >= 0.6 is 11.3 Å². The summed E-state index contributed by atoms with van der Waals surface area (Å²) in [6.07, 6.45) is 3.79. The topological polar surface area (TPSA) is 29.9 Å². The van der Waals surface area contributed by atoms with E-state index < -0.39 is 0 Å². The predicted molar refractivity (Wildman–Crippen MR) is 88.9 cm³/mol. The number of aromatic nitrogens is 2. The Kier molecular flexibility index (Phi) is 4.06. The number of hydrogen-bond acceptors (Lipinski definition) is 3. The Balaban J connectivity index is 1.60. The molecular weight excluding hydrogens is 278 g/mol. The Morgan fingerprint density at radius 2 is 2.00 bits per heavy atom. The van der Waals surface area contributed by atoms with Crippen molar-refractivity contribution in [1.29, 1.82) is 0 Å². The van der Waals surface area contributed by atoms with Gasteiger partial charge in [0.05, 0.1) is 6.54 Å². The second kappa shape index (κ2) is 6.14. The molecule has 0 aliphatic heterocycles. The number of nitrogens with zero attached hydrogens (tertiary/aromatic N) is 2. The molecule has 2 heterocycles. The molecule has 0 amide bonds. The highest BCUT2D eigenvalue weighted by atomic mass is 32.1. The van der Waals surface area contributed by atoms with Crippen LogP contribution < -0.4 is 5.32 Å². The fourth-order valence-electron chi connectivity index (χ4n) is 2.37. The zero-order valence-corrected chi connectivity index (χ0v) is 13.2. The molecule has 0 saturated heterocycles. The Hall–Kier alpha value is -2.07. The minimum absolute atomic E-state index is 0.816. The Morgan fingerprint density at radius 1 is 1.19 bits per heavy atom. The summed E-state index contributed by atoms with van der Waals surface area (Å²) in [6.45, 7) is 6.04. The molecule has 3 aromatic rings. The predicted octanol–water partition coefficient (Wildman–Crippen LogP) is 4.22. The Morgan fingerprint density at radius 3 is 2.62 bits per heavy atom. The molecule has 4 heteroatoms. The van der Waals surface area contributed by atoms with Crippen LogP contribution in [-0.2, 0) is 13.1 Å². The largest absolute Gasteiger partial charge is 0.381 e. The fraction of sp³-hybridized carbons (Fsp3) is 0.235. The number of benzene rings is 1. The van der Waals surface area contributed by atoms with E-state index >= 15 is 0 Å². The average Bonchev–Trinajstić information content (AvgIpc) is 3.08. The van der Waals surface area contributed by atoms with Crippen LogP contribution in [0.5, 0.6) is 0 Å². The molecule has 0 atom stereocenters. The Labute approximate surface area is 129 Å². The van der Waals surface area contributed by atoms with Gasteiger partial charge in [0.2, 0.25) is 0 Å². The van der Waals surface area contributed by atoms with Crippen molar-refractivity contribution in [3.63, 3.8) is 0 Å². The van der Waals surface area contributed by atoms with Crippen molar-refractivity contribution in [1.82, 2.24) is 9.78 Å². The van der Waals surface area contributed by atoms with Gasteiger partial charge in [0, 0.05) is 34.4 Å². The second-order valence-electron chi connectivity index (χ2n) is 5.19. The summed E-state index contributed by atoms with van der Waals surface area (Å²) < 4.78 is 1.93. The van der Waals surface area contributed by atoms with E-state index in [1.807, 2.05) is 28.3 Å². The van der Waals surface area contributed by atoms with Crippen molar-refractivity contribution in [2.24, 2.45) is 0 Å². The van der Waals surface area contributed by atoms with E-state index in [0.717, 1.165) is 18.8 Å². The number of nitrogens with one attached hydrogen (secondary N) is 1. The van der Waals surface area contributed by atoms with Crippen molar-refractivity contribution in [2.45, 2.75) is 26.9 Å². The maximum Gasteiger partial charge on any atom is 0.0659 e. The molecule has 0 fully saturated rings. The van der Waals surface area contributed by atoms with Crippen molar-refractivity contribution in [3.05, 3.63) is 69.7 Å². The number of thiophene rings is 1. The molecule has 0 radical (unpaired) electrons. The van der Waals surface area contributed by atoms with Crippen molar-refractivity contribution in [2.75, 3.05) is 5.32 Å². The van der Waals surface area contributed by atoms with Crippen LogP contribution in [0.25, 0.3) is 0 Å². The van der Waals surface area contributed by atoms with Crippen LogP contribution in [0.1, 0.15) is 20.9 Å². The molecule has 21 heavy (non-hydrogen) atoms. The number of aryl methyl sites for hydroxylation is 2. The van der Waals surface area contributed by atoms with Gasteiger partial charge in [-0.05, 0) is 49.2 Å². The summed E-state index contributed by atoms with van der Waals surface area (Å²) in [7, 11) is 0. The Bertz CT molecular complexity index is 696. The summed E-state index contributed by atoms with van der Waals surface area (Å²) in [5.41, 5.74) is 3.80. The second-order valence-corrected chi connectivity index (χ2v) is 6.65. The van der Waals surface area contributed by atoms with Crippen LogP contribution in [0.15, 0.2) is 48.8 Å². The first kappa shape index (κ1) is 13.9. The lowest BCUT2D eigenvalue weighted by Crippen LogP contribution is -2.01. The van der Waals surface area contributed by atoms with Gasteiger partial charge in [-0.3, -0.25) is 4.68 Å². The fourth-order valence-corrected chi connectivity index (χ4v) is 3.31. The molecule has 2 aromatic heterocycles. The maximum atomic E-state index is 4.22. The van der Waals surface area contributed by atoms with E-state index in [1.54, 1.807) is 6.20 Å². The van der Waals surface area contributed by atoms with Gasteiger partial charge in [-0.25, -0.2) is 0 Å². The summed E-state index contributed by atoms with van der Waals surface area (Å²) in [5.74, 6) is 0. The smallest absolute Gasteiger partial charge is 0.0659 e. The minimum atomic E-state index is 0.816. The van der Waals surface area contributed by atoms with E-state index in [9.17, 15) is 0 Å². The molecule has 1 aromatic carbocycles. The van der Waals surface area contributed by atoms with Gasteiger partial charge >= 0.3 is 0 Å². The van der Waals surface area contributed by atoms with Crippen LogP contribution in [0.4, 0.5) is 5.69 Å². The summed E-state index contributed by atoms with van der Waals surface area (Å²) >= 11 is 1.86. The van der Waals surface area contributed by atoms with Gasteiger partial charge in [-0.1, -0.05) is 12.1 Å². The van der Waals surface area contributed by atoms with E-state index in [1.165, 1.54) is 20.9 Å². The molecule has 0 bridgehead atoms. The average molecular weight is 297 g/mol. The molecule has 108 valence electrons. The molecule has 0 spiro atoms. The minimum Gasteiger partial charge on any atom is -0.381 e. The highest BCUT2D eigenvalue weighted by Gasteiger charge is 2.02. The highest BCUT2D eigenvalue weighted by Crippen LogP contribution is 2.21. The monoisotopic (exact) mass is 297 g/mol. The third-order valence-corrected chi connectivity index (χ3v) is 4.49. The van der Waals surface area contributed by atoms with Crippen molar-refractivity contribution >= 4 is 17.0 Å². The van der Waals surface area contributed by atoms with Gasteiger partial charge < -0.3 is 5.32 Å². The standard InChI is InChI=1S/C17H19N3S/c1-13-10-16(14(2)21-13)11-18-17-6-4-15(5-7-17)12-20-9-3-8-19-20/h3-10,18H,11-12H2,1-2H3. The molecule has 0 saturated carbocycles. The van der Waals surface area contributed by atoms with Gasteiger partial charge in [0.1, 0.15) is 0 Å². The highest BCUT2D eigenvalue weighted by molar-refractivity contribution is 7.12. The van der Waals surface area contributed by atoms with Crippen LogP contribution in [0.2, 0.25) is 0 Å². The SMILES string of the molecule is Cc1cc(CNc2ccc(Cn3cccn3)cc2)c(C)s1. The lowest BCUT2D eigenvalue weighted by Gasteiger charge is -2.08. The molecule has 1 N–H and O–H groups in total. The van der Waals surface area contributed by atoms with Crippen LogP contribution in [-0.4, -0.2) is 9.78 Å². The molecule has 0 aliphatic rings. The number of hydrogen-bond donors (Lipinski definition) is 1. The lowest BCUT2D eigenvalue weighted by atomic mass is 10.2. The third-order valence-electron chi connectivity index (χ3n) is 3.48. The first-order chi connectivity index (χ1) is 10.2. The maximum absolute atomic E-state index is 4.22.